The Labute approximate surface area is 221 Å². The monoisotopic (exact) mass is 531 g/mol. The lowest BCUT2D eigenvalue weighted by atomic mass is 10.0. The molecule has 1 fully saturated rings. The highest BCUT2D eigenvalue weighted by molar-refractivity contribution is 6.31. The van der Waals surface area contributed by atoms with Gasteiger partial charge in [0.1, 0.15) is 5.82 Å². The van der Waals surface area contributed by atoms with E-state index in [9.17, 15) is 14.0 Å². The van der Waals surface area contributed by atoms with Crippen LogP contribution in [-0.4, -0.2) is 63.1 Å². The highest BCUT2D eigenvalue weighted by atomic mass is 35.5. The van der Waals surface area contributed by atoms with Crippen molar-refractivity contribution in [2.75, 3.05) is 32.8 Å². The van der Waals surface area contributed by atoms with Crippen molar-refractivity contribution in [3.8, 4) is 11.1 Å². The minimum absolute atomic E-state index is 0.00380. The van der Waals surface area contributed by atoms with Crippen LogP contribution >= 0.6 is 11.6 Å². The van der Waals surface area contributed by atoms with E-state index in [-0.39, 0.29) is 28.8 Å². The van der Waals surface area contributed by atoms with Crippen molar-refractivity contribution in [1.82, 2.24) is 24.4 Å². The van der Waals surface area contributed by atoms with Gasteiger partial charge >= 0.3 is 0 Å². The van der Waals surface area contributed by atoms with Crippen LogP contribution in [0, 0.1) is 5.82 Å². The summed E-state index contributed by atoms with van der Waals surface area (Å²) in [5.41, 5.74) is 2.50. The number of nitrogens with zero attached hydrogens (tertiary/aromatic N) is 4. The number of hydrogen-bond acceptors (Lipinski definition) is 6. The van der Waals surface area contributed by atoms with Crippen LogP contribution in [-0.2, 0) is 11.3 Å². The molecule has 1 aliphatic heterocycles. The number of morpholine rings is 1. The Morgan fingerprint density at radius 3 is 2.58 bits per heavy atom. The number of ketones is 1. The first-order valence-corrected chi connectivity index (χ1v) is 12.7. The number of H-pyrrole nitrogens is 1. The van der Waals surface area contributed by atoms with Crippen LogP contribution in [0.25, 0.3) is 33.1 Å². The van der Waals surface area contributed by atoms with Gasteiger partial charge in [-0.15, -0.1) is 0 Å². The van der Waals surface area contributed by atoms with Crippen molar-refractivity contribution in [3.63, 3.8) is 0 Å². The number of ether oxygens (including phenoxy) is 1. The fourth-order valence-corrected chi connectivity index (χ4v) is 4.96. The van der Waals surface area contributed by atoms with Gasteiger partial charge in [-0.05, 0) is 41.5 Å². The summed E-state index contributed by atoms with van der Waals surface area (Å²) in [6.07, 6.45) is 0. The molecule has 0 amide bonds. The average Bonchev–Trinajstić information content (AvgIpc) is 3.38. The molecule has 0 atom stereocenters. The van der Waals surface area contributed by atoms with Gasteiger partial charge in [-0.3, -0.25) is 19.1 Å². The molecule has 1 aliphatic rings. The maximum absolute atomic E-state index is 14.1. The summed E-state index contributed by atoms with van der Waals surface area (Å²) >= 11 is 6.05. The summed E-state index contributed by atoms with van der Waals surface area (Å²) in [6, 6.07) is 16.8. The van der Waals surface area contributed by atoms with Gasteiger partial charge in [-0.25, -0.2) is 14.4 Å². The summed E-state index contributed by atoms with van der Waals surface area (Å²) in [5.74, 6) is -0.907. The largest absolute Gasteiger partial charge is 0.379 e. The molecule has 6 rings (SSSR count). The topological polar surface area (TPSA) is 93.1 Å². The van der Waals surface area contributed by atoms with Gasteiger partial charge in [0.05, 0.1) is 40.2 Å². The third-order valence-electron chi connectivity index (χ3n) is 6.77. The van der Waals surface area contributed by atoms with Crippen LogP contribution in [0.1, 0.15) is 16.4 Å². The van der Waals surface area contributed by atoms with E-state index in [2.05, 4.69) is 19.9 Å². The van der Waals surface area contributed by atoms with E-state index in [1.54, 1.807) is 24.3 Å². The molecule has 1 N–H and O–H groups in total. The fourth-order valence-electron chi connectivity index (χ4n) is 4.78. The molecule has 0 aliphatic carbocycles. The molecule has 3 aromatic carbocycles. The average molecular weight is 532 g/mol. The predicted molar refractivity (Wildman–Crippen MR) is 143 cm³/mol. The van der Waals surface area contributed by atoms with Crippen LogP contribution in [0.2, 0.25) is 5.02 Å². The molecule has 0 radical (unpaired) electrons. The minimum Gasteiger partial charge on any atom is -0.379 e. The number of fused-ring (bicyclic) bond motifs is 2. The Morgan fingerprint density at radius 1 is 1.00 bits per heavy atom. The number of imidazole rings is 1. The normalized spacial score (nSPS) is 14.4. The maximum atomic E-state index is 14.1. The first-order valence-electron chi connectivity index (χ1n) is 12.3. The van der Waals surface area contributed by atoms with E-state index in [1.165, 1.54) is 16.7 Å². The van der Waals surface area contributed by atoms with Crippen molar-refractivity contribution in [3.05, 3.63) is 93.5 Å². The summed E-state index contributed by atoms with van der Waals surface area (Å²) in [7, 11) is 0. The molecular formula is C28H23ClFN5O3. The van der Waals surface area contributed by atoms with E-state index < -0.39 is 11.6 Å². The second-order valence-corrected chi connectivity index (χ2v) is 9.51. The lowest BCUT2D eigenvalue weighted by molar-refractivity contribution is 0.0361. The molecule has 2 aromatic heterocycles. The zero-order chi connectivity index (χ0) is 26.2. The number of carbonyl (C=O) groups excluding carboxylic acids is 1. The zero-order valence-electron chi connectivity index (χ0n) is 20.3. The molecule has 10 heteroatoms. The second kappa shape index (κ2) is 10.1. The summed E-state index contributed by atoms with van der Waals surface area (Å²) < 4.78 is 20.7. The zero-order valence-corrected chi connectivity index (χ0v) is 21.0. The van der Waals surface area contributed by atoms with E-state index in [4.69, 9.17) is 16.3 Å². The van der Waals surface area contributed by atoms with E-state index in [0.29, 0.717) is 52.8 Å². The van der Waals surface area contributed by atoms with Crippen molar-refractivity contribution in [2.45, 2.75) is 6.54 Å². The smallest absolute Gasteiger partial charge is 0.263 e. The van der Waals surface area contributed by atoms with Crippen LogP contribution in [0.3, 0.4) is 0 Å². The number of rotatable bonds is 6. The number of halogens is 2. The summed E-state index contributed by atoms with van der Waals surface area (Å²) in [5, 5.41) is 0.287. The first kappa shape index (κ1) is 24.4. The quantitative estimate of drug-likeness (QED) is 0.328. The van der Waals surface area contributed by atoms with Crippen LogP contribution in [0.4, 0.5) is 4.39 Å². The molecule has 0 unspecified atom stereocenters. The fraction of sp³-hybridized carbons (Fsp3) is 0.214. The Hall–Kier alpha value is -3.92. The molecular weight excluding hydrogens is 509 g/mol. The third-order valence-corrected chi connectivity index (χ3v) is 7.05. The summed E-state index contributed by atoms with van der Waals surface area (Å²) in [4.78, 5) is 42.1. The Kier molecular flexibility index (Phi) is 6.49. The molecule has 0 spiro atoms. The van der Waals surface area contributed by atoms with Gasteiger partial charge in [-0.2, -0.15) is 0 Å². The number of benzene rings is 3. The van der Waals surface area contributed by atoms with Gasteiger partial charge in [0.25, 0.3) is 11.3 Å². The molecule has 192 valence electrons. The standard InChI is InChI=1S/C28H23ClFN5O3/c29-19-16-17(8-9-20(19)30)18-4-3-7-23-24(18)28(37)35(11-10-34-12-14-38-15-13-34)27(33-23)25(36)26-31-21-5-1-2-6-22(21)32-26/h1-9,16H,10-15H2,(H,31,32). The van der Waals surface area contributed by atoms with Crippen molar-refractivity contribution < 1.29 is 13.9 Å². The SMILES string of the molecule is O=C(c1nc2ccccc2[nH]1)c1nc2cccc(-c3ccc(F)c(Cl)c3)c2c(=O)n1CCN1CCOCC1. The van der Waals surface area contributed by atoms with Crippen LogP contribution in [0.5, 0.6) is 0 Å². The lowest BCUT2D eigenvalue weighted by Crippen LogP contribution is -2.40. The molecule has 38 heavy (non-hydrogen) atoms. The van der Waals surface area contributed by atoms with Crippen molar-refractivity contribution >= 4 is 39.3 Å². The molecule has 0 saturated carbocycles. The molecule has 3 heterocycles. The van der Waals surface area contributed by atoms with Gasteiger partial charge in [0.15, 0.2) is 11.6 Å². The first-order chi connectivity index (χ1) is 18.5. The number of aromatic nitrogens is 4. The van der Waals surface area contributed by atoms with Gasteiger partial charge in [-0.1, -0.05) is 41.9 Å². The Balaban J connectivity index is 1.51. The van der Waals surface area contributed by atoms with Crippen LogP contribution < -0.4 is 5.56 Å². The van der Waals surface area contributed by atoms with Gasteiger partial charge in [0.2, 0.25) is 0 Å². The Morgan fingerprint density at radius 2 is 1.79 bits per heavy atom. The number of carbonyl (C=O) groups is 1. The number of aromatic amines is 1. The van der Waals surface area contributed by atoms with Crippen molar-refractivity contribution in [1.29, 1.82) is 0 Å². The highest BCUT2D eigenvalue weighted by Gasteiger charge is 2.24. The lowest BCUT2D eigenvalue weighted by Gasteiger charge is -2.27. The predicted octanol–water partition coefficient (Wildman–Crippen LogP) is 4.30. The van der Waals surface area contributed by atoms with Crippen LogP contribution in [0.15, 0.2) is 65.5 Å². The second-order valence-electron chi connectivity index (χ2n) is 9.11. The Bertz CT molecular complexity index is 1710. The number of para-hydroxylation sites is 2. The van der Waals surface area contributed by atoms with E-state index in [1.807, 2.05) is 24.3 Å². The van der Waals surface area contributed by atoms with E-state index >= 15 is 0 Å². The minimum atomic E-state index is -0.546. The van der Waals surface area contributed by atoms with Crippen molar-refractivity contribution in [2.24, 2.45) is 0 Å². The molecule has 5 aromatic rings. The summed E-state index contributed by atoms with van der Waals surface area (Å²) in [6.45, 7) is 3.50. The number of hydrogen-bond donors (Lipinski definition) is 1. The maximum Gasteiger partial charge on any atom is 0.263 e. The number of nitrogens with one attached hydrogen (secondary N) is 1. The molecule has 1 saturated heterocycles. The van der Waals surface area contributed by atoms with E-state index in [0.717, 1.165) is 13.1 Å². The molecule has 8 nitrogen and oxygen atoms in total. The van der Waals surface area contributed by atoms with Gasteiger partial charge < -0.3 is 9.72 Å². The van der Waals surface area contributed by atoms with Gasteiger partial charge in [0, 0.05) is 26.2 Å². The third kappa shape index (κ3) is 4.49. The highest BCUT2D eigenvalue weighted by Crippen LogP contribution is 2.29. The molecule has 0 bridgehead atoms.